The maximum atomic E-state index is 12.8. The minimum atomic E-state index is -4.45. The average Bonchev–Trinajstić information content (AvgIpc) is 2.57. The van der Waals surface area contributed by atoms with Gasteiger partial charge in [-0.1, -0.05) is 18.2 Å². The van der Waals surface area contributed by atoms with Crippen molar-refractivity contribution < 1.29 is 17.9 Å². The van der Waals surface area contributed by atoms with Crippen molar-refractivity contribution in [3.8, 4) is 11.5 Å². The first-order valence-corrected chi connectivity index (χ1v) is 7.56. The van der Waals surface area contributed by atoms with E-state index in [1.165, 1.54) is 18.3 Å². The number of aromatic nitrogens is 2. The molecule has 0 aliphatic carbocycles. The third-order valence-corrected chi connectivity index (χ3v) is 3.59. The summed E-state index contributed by atoms with van der Waals surface area (Å²) in [5, 5.41) is 0. The molecule has 0 atom stereocenters. The Labute approximate surface area is 145 Å². The first-order valence-electron chi connectivity index (χ1n) is 7.56. The second-order valence-corrected chi connectivity index (χ2v) is 5.55. The molecule has 3 rings (SSSR count). The molecule has 1 aromatic heterocycles. The third-order valence-electron chi connectivity index (χ3n) is 3.59. The molecule has 8 heteroatoms. The standard InChI is InChI=1S/C18H13F3N2O3/c19-18(20,21)13-4-2-6-15(9-13)26-14-5-1-3-11(8-14)7-12-10-22-17(25)23-16(12)24/h1-6,8-10H,7H2,(H2,22,23,24,25). The zero-order chi connectivity index (χ0) is 18.7. The minimum absolute atomic E-state index is 0.0545. The monoisotopic (exact) mass is 362 g/mol. The highest BCUT2D eigenvalue weighted by molar-refractivity contribution is 5.37. The molecule has 0 fully saturated rings. The second-order valence-electron chi connectivity index (χ2n) is 5.55. The van der Waals surface area contributed by atoms with Crippen molar-refractivity contribution in [1.82, 2.24) is 9.97 Å². The molecule has 0 saturated heterocycles. The summed E-state index contributed by atoms with van der Waals surface area (Å²) in [5.74, 6) is 0.390. The van der Waals surface area contributed by atoms with Crippen LogP contribution in [0.3, 0.4) is 0 Å². The maximum Gasteiger partial charge on any atom is 0.416 e. The van der Waals surface area contributed by atoms with Gasteiger partial charge >= 0.3 is 11.9 Å². The van der Waals surface area contributed by atoms with Crippen molar-refractivity contribution in [2.75, 3.05) is 0 Å². The molecule has 3 aromatic rings. The van der Waals surface area contributed by atoms with Gasteiger partial charge in [-0.05, 0) is 35.9 Å². The van der Waals surface area contributed by atoms with Crippen molar-refractivity contribution in [3.63, 3.8) is 0 Å². The molecule has 134 valence electrons. The van der Waals surface area contributed by atoms with Gasteiger partial charge < -0.3 is 9.72 Å². The topological polar surface area (TPSA) is 75.0 Å². The molecule has 0 saturated carbocycles. The van der Waals surface area contributed by atoms with E-state index < -0.39 is 23.0 Å². The van der Waals surface area contributed by atoms with Crippen LogP contribution in [0.2, 0.25) is 0 Å². The SMILES string of the molecule is O=c1[nH]cc(Cc2cccc(Oc3cccc(C(F)(F)F)c3)c2)c(=O)[nH]1. The van der Waals surface area contributed by atoms with Crippen molar-refractivity contribution in [2.24, 2.45) is 0 Å². The Morgan fingerprint density at radius 2 is 1.65 bits per heavy atom. The van der Waals surface area contributed by atoms with Crippen molar-refractivity contribution in [1.29, 1.82) is 0 Å². The van der Waals surface area contributed by atoms with Crippen LogP contribution in [0.15, 0.2) is 64.3 Å². The Kier molecular flexibility index (Phi) is 4.66. The number of benzene rings is 2. The summed E-state index contributed by atoms with van der Waals surface area (Å²) in [6.07, 6.45) is -2.90. The fourth-order valence-electron chi connectivity index (χ4n) is 2.38. The molecule has 0 amide bonds. The molecule has 2 N–H and O–H groups in total. The van der Waals surface area contributed by atoms with Crippen LogP contribution in [-0.4, -0.2) is 9.97 Å². The Hall–Kier alpha value is -3.29. The minimum Gasteiger partial charge on any atom is -0.457 e. The van der Waals surface area contributed by atoms with E-state index in [9.17, 15) is 22.8 Å². The number of halogens is 3. The van der Waals surface area contributed by atoms with Gasteiger partial charge in [0.2, 0.25) is 0 Å². The molecule has 0 aliphatic rings. The first-order chi connectivity index (χ1) is 12.3. The molecule has 0 unspecified atom stereocenters. The lowest BCUT2D eigenvalue weighted by Crippen LogP contribution is -2.24. The van der Waals surface area contributed by atoms with Gasteiger partial charge in [-0.3, -0.25) is 9.78 Å². The van der Waals surface area contributed by atoms with Crippen LogP contribution in [0.1, 0.15) is 16.7 Å². The van der Waals surface area contributed by atoms with Crippen molar-refractivity contribution >= 4 is 0 Å². The lowest BCUT2D eigenvalue weighted by atomic mass is 10.1. The Balaban J connectivity index is 1.82. The molecule has 0 spiro atoms. The van der Waals surface area contributed by atoms with Gasteiger partial charge in [-0.25, -0.2) is 4.79 Å². The van der Waals surface area contributed by atoms with E-state index in [2.05, 4.69) is 9.97 Å². The molecular weight excluding hydrogens is 349 g/mol. The van der Waals surface area contributed by atoms with E-state index >= 15 is 0 Å². The van der Waals surface area contributed by atoms with Gasteiger partial charge in [0.25, 0.3) is 5.56 Å². The normalized spacial score (nSPS) is 11.3. The largest absolute Gasteiger partial charge is 0.457 e. The van der Waals surface area contributed by atoms with Gasteiger partial charge in [0.1, 0.15) is 11.5 Å². The van der Waals surface area contributed by atoms with Crippen LogP contribution in [0, 0.1) is 0 Å². The summed E-state index contributed by atoms with van der Waals surface area (Å²) in [6, 6.07) is 11.2. The lowest BCUT2D eigenvalue weighted by molar-refractivity contribution is -0.137. The zero-order valence-corrected chi connectivity index (χ0v) is 13.3. The number of aromatic amines is 2. The van der Waals surface area contributed by atoms with Gasteiger partial charge in [0, 0.05) is 18.2 Å². The van der Waals surface area contributed by atoms with Crippen LogP contribution in [0.25, 0.3) is 0 Å². The molecule has 26 heavy (non-hydrogen) atoms. The van der Waals surface area contributed by atoms with Gasteiger partial charge in [0.05, 0.1) is 5.56 Å². The number of hydrogen-bond donors (Lipinski definition) is 2. The van der Waals surface area contributed by atoms with Crippen LogP contribution < -0.4 is 16.0 Å². The van der Waals surface area contributed by atoms with Crippen LogP contribution >= 0.6 is 0 Å². The summed E-state index contributed by atoms with van der Waals surface area (Å²) in [7, 11) is 0. The Bertz CT molecular complexity index is 1040. The van der Waals surface area contributed by atoms with Gasteiger partial charge in [-0.2, -0.15) is 13.2 Å². The first kappa shape index (κ1) is 17.5. The number of rotatable bonds is 4. The summed E-state index contributed by atoms with van der Waals surface area (Å²) < 4.78 is 43.8. The second kappa shape index (κ2) is 6.91. The van der Waals surface area contributed by atoms with Crippen molar-refractivity contribution in [2.45, 2.75) is 12.6 Å². The predicted octanol–water partition coefficient (Wildman–Crippen LogP) is 3.47. The fourth-order valence-corrected chi connectivity index (χ4v) is 2.38. The molecule has 5 nitrogen and oxygen atoms in total. The summed E-state index contributed by atoms with van der Waals surface area (Å²) in [5.41, 5.74) is -0.850. The van der Waals surface area contributed by atoms with E-state index in [1.54, 1.807) is 24.3 Å². The quantitative estimate of drug-likeness (QED) is 0.746. The highest BCUT2D eigenvalue weighted by Crippen LogP contribution is 2.32. The van der Waals surface area contributed by atoms with Crippen molar-refractivity contribution in [3.05, 3.63) is 92.3 Å². The van der Waals surface area contributed by atoms with E-state index in [-0.39, 0.29) is 12.2 Å². The van der Waals surface area contributed by atoms with Crippen LogP contribution in [-0.2, 0) is 12.6 Å². The smallest absolute Gasteiger partial charge is 0.416 e. The van der Waals surface area contributed by atoms with Crippen LogP contribution in [0.4, 0.5) is 13.2 Å². The highest BCUT2D eigenvalue weighted by atomic mass is 19.4. The van der Waals surface area contributed by atoms with E-state index in [1.807, 2.05) is 0 Å². The average molecular weight is 362 g/mol. The van der Waals surface area contributed by atoms with Gasteiger partial charge in [0.15, 0.2) is 0 Å². The molecule has 0 radical (unpaired) electrons. The number of ether oxygens (including phenoxy) is 1. The number of hydrogen-bond acceptors (Lipinski definition) is 3. The molecule has 0 bridgehead atoms. The summed E-state index contributed by atoms with van der Waals surface area (Å²) >= 11 is 0. The number of nitrogens with one attached hydrogen (secondary N) is 2. The van der Waals surface area contributed by atoms with Gasteiger partial charge in [-0.15, -0.1) is 0 Å². The third kappa shape index (κ3) is 4.21. The highest BCUT2D eigenvalue weighted by Gasteiger charge is 2.30. The maximum absolute atomic E-state index is 12.8. The fraction of sp³-hybridized carbons (Fsp3) is 0.111. The number of H-pyrrole nitrogens is 2. The predicted molar refractivity (Wildman–Crippen MR) is 88.4 cm³/mol. The van der Waals surface area contributed by atoms with E-state index in [0.29, 0.717) is 16.9 Å². The number of alkyl halides is 3. The Morgan fingerprint density at radius 1 is 0.962 bits per heavy atom. The molecule has 1 heterocycles. The molecule has 0 aliphatic heterocycles. The van der Waals surface area contributed by atoms with Crippen LogP contribution in [0.5, 0.6) is 11.5 Å². The summed E-state index contributed by atoms with van der Waals surface area (Å²) in [6.45, 7) is 0. The molecule has 2 aromatic carbocycles. The zero-order valence-electron chi connectivity index (χ0n) is 13.3. The Morgan fingerprint density at radius 3 is 2.35 bits per heavy atom. The van der Waals surface area contributed by atoms with E-state index in [4.69, 9.17) is 4.74 Å². The summed E-state index contributed by atoms with van der Waals surface area (Å²) in [4.78, 5) is 27.3. The lowest BCUT2D eigenvalue weighted by Gasteiger charge is -2.11. The van der Waals surface area contributed by atoms with E-state index in [0.717, 1.165) is 12.1 Å². The molecular formula is C18H13F3N2O3.